The number of barbiturate groups is 1. The number of nitrogens with zero attached hydrogens (tertiary/aromatic N) is 1. The number of hydrogen-bond donors (Lipinski definition) is 1. The van der Waals surface area contributed by atoms with Crippen molar-refractivity contribution >= 4 is 35.6 Å². The lowest BCUT2D eigenvalue weighted by molar-refractivity contribution is -0.122. The van der Waals surface area contributed by atoms with E-state index in [2.05, 4.69) is 10.1 Å². The maximum absolute atomic E-state index is 13.2. The first-order valence-electron chi connectivity index (χ1n) is 11.4. The largest absolute Gasteiger partial charge is 0.490 e. The molecule has 4 rings (SSSR count). The molecule has 0 aliphatic carbocycles. The molecular weight excluding hydrogens is 476 g/mol. The van der Waals surface area contributed by atoms with Gasteiger partial charge in [0, 0.05) is 0 Å². The minimum atomic E-state index is -0.891. The standard InChI is InChI=1S/C28H24N2O7/c1-3-36-24-16-19(9-14-23(24)37-17-18-7-5-4-6-8-18)15-22-25(31)29-28(34)30(26(22)32)21-12-10-20(11-13-21)27(33)35-2/h4-16H,3,17H2,1-2H3,(H,29,31,34)/b22-15+. The zero-order chi connectivity index (χ0) is 26.4. The fourth-order valence-corrected chi connectivity index (χ4v) is 3.66. The van der Waals surface area contributed by atoms with Gasteiger partial charge in [0.25, 0.3) is 11.8 Å². The van der Waals surface area contributed by atoms with E-state index in [9.17, 15) is 19.2 Å². The Morgan fingerprint density at radius 2 is 1.65 bits per heavy atom. The van der Waals surface area contributed by atoms with E-state index in [4.69, 9.17) is 9.47 Å². The van der Waals surface area contributed by atoms with E-state index < -0.39 is 23.8 Å². The summed E-state index contributed by atoms with van der Waals surface area (Å²) in [6, 6.07) is 19.5. The number of rotatable bonds is 8. The summed E-state index contributed by atoms with van der Waals surface area (Å²) in [7, 11) is 1.25. The number of amides is 4. The molecule has 0 aromatic heterocycles. The van der Waals surface area contributed by atoms with Gasteiger partial charge in [0.2, 0.25) is 0 Å². The molecule has 1 saturated heterocycles. The van der Waals surface area contributed by atoms with Crippen LogP contribution in [0.15, 0.2) is 78.4 Å². The van der Waals surface area contributed by atoms with Crippen molar-refractivity contribution in [3.05, 3.63) is 95.1 Å². The minimum absolute atomic E-state index is 0.188. The maximum Gasteiger partial charge on any atom is 0.337 e. The van der Waals surface area contributed by atoms with Crippen LogP contribution in [-0.4, -0.2) is 37.5 Å². The molecule has 0 unspecified atom stereocenters. The lowest BCUT2D eigenvalue weighted by Gasteiger charge is -2.26. The lowest BCUT2D eigenvalue weighted by atomic mass is 10.1. The Morgan fingerprint density at radius 1 is 0.919 bits per heavy atom. The van der Waals surface area contributed by atoms with Gasteiger partial charge in [0.05, 0.1) is 25.0 Å². The Bertz CT molecular complexity index is 1370. The SMILES string of the molecule is CCOc1cc(/C=C2\C(=O)NC(=O)N(c3ccc(C(=O)OC)cc3)C2=O)ccc1OCc1ccccc1. The fraction of sp³-hybridized carbons (Fsp3) is 0.143. The number of carbonyl (C=O) groups is 4. The summed E-state index contributed by atoms with van der Waals surface area (Å²) in [5, 5.41) is 2.18. The van der Waals surface area contributed by atoms with Crippen LogP contribution in [0.5, 0.6) is 11.5 Å². The third-order valence-electron chi connectivity index (χ3n) is 5.46. The van der Waals surface area contributed by atoms with Crippen LogP contribution < -0.4 is 19.7 Å². The van der Waals surface area contributed by atoms with Gasteiger partial charge >= 0.3 is 12.0 Å². The number of urea groups is 1. The van der Waals surface area contributed by atoms with Crippen molar-refractivity contribution in [1.29, 1.82) is 0 Å². The van der Waals surface area contributed by atoms with Crippen molar-refractivity contribution in [3.8, 4) is 11.5 Å². The predicted octanol–water partition coefficient (Wildman–Crippen LogP) is 4.12. The molecule has 37 heavy (non-hydrogen) atoms. The number of nitrogens with one attached hydrogen (secondary N) is 1. The summed E-state index contributed by atoms with van der Waals surface area (Å²) in [6.45, 7) is 2.55. The zero-order valence-electron chi connectivity index (χ0n) is 20.2. The summed E-state index contributed by atoms with van der Waals surface area (Å²) in [6.07, 6.45) is 1.38. The molecule has 188 valence electrons. The van der Waals surface area contributed by atoms with Gasteiger partial charge in [-0.05, 0) is 60.5 Å². The number of benzene rings is 3. The summed E-state index contributed by atoms with van der Waals surface area (Å²) in [5.74, 6) is -1.22. The Balaban J connectivity index is 1.60. The van der Waals surface area contributed by atoms with E-state index in [-0.39, 0.29) is 16.8 Å². The zero-order valence-corrected chi connectivity index (χ0v) is 20.2. The first-order valence-corrected chi connectivity index (χ1v) is 11.4. The van der Waals surface area contributed by atoms with Gasteiger partial charge < -0.3 is 14.2 Å². The highest BCUT2D eigenvalue weighted by molar-refractivity contribution is 6.39. The third-order valence-corrected chi connectivity index (χ3v) is 5.46. The molecule has 1 fully saturated rings. The molecule has 0 bridgehead atoms. The fourth-order valence-electron chi connectivity index (χ4n) is 3.66. The Kier molecular flexibility index (Phi) is 7.63. The summed E-state index contributed by atoms with van der Waals surface area (Å²) >= 11 is 0. The second-order valence-corrected chi connectivity index (χ2v) is 7.91. The first kappa shape index (κ1) is 25.2. The van der Waals surface area contributed by atoms with E-state index in [0.717, 1.165) is 10.5 Å². The first-order chi connectivity index (χ1) is 17.9. The number of carbonyl (C=O) groups excluding carboxylic acids is 4. The smallest absolute Gasteiger partial charge is 0.337 e. The van der Waals surface area contributed by atoms with Crippen LogP contribution in [0.1, 0.15) is 28.4 Å². The highest BCUT2D eigenvalue weighted by atomic mass is 16.5. The topological polar surface area (TPSA) is 111 Å². The summed E-state index contributed by atoms with van der Waals surface area (Å²) in [4.78, 5) is 50.7. The highest BCUT2D eigenvalue weighted by Gasteiger charge is 2.36. The third kappa shape index (κ3) is 5.67. The molecule has 1 heterocycles. The average molecular weight is 501 g/mol. The molecule has 1 N–H and O–H groups in total. The number of ether oxygens (including phenoxy) is 3. The number of methoxy groups -OCH3 is 1. The van der Waals surface area contributed by atoms with Crippen molar-refractivity contribution < 1.29 is 33.4 Å². The van der Waals surface area contributed by atoms with Gasteiger partial charge in [-0.3, -0.25) is 14.9 Å². The molecular formula is C28H24N2O7. The maximum atomic E-state index is 13.2. The van der Waals surface area contributed by atoms with Gasteiger partial charge in [-0.25, -0.2) is 14.5 Å². The minimum Gasteiger partial charge on any atom is -0.490 e. The van der Waals surface area contributed by atoms with E-state index in [1.165, 1.54) is 37.5 Å². The van der Waals surface area contributed by atoms with E-state index >= 15 is 0 Å². The van der Waals surface area contributed by atoms with E-state index in [1.54, 1.807) is 18.2 Å². The number of hydrogen-bond acceptors (Lipinski definition) is 7. The van der Waals surface area contributed by atoms with Crippen molar-refractivity contribution in [2.45, 2.75) is 13.5 Å². The Hall–Kier alpha value is -4.92. The van der Waals surface area contributed by atoms with E-state index in [1.807, 2.05) is 37.3 Å². The van der Waals surface area contributed by atoms with Crippen LogP contribution in [0.2, 0.25) is 0 Å². The molecule has 1 aliphatic heterocycles. The normalized spacial score (nSPS) is 14.4. The molecule has 3 aromatic rings. The Morgan fingerprint density at radius 3 is 2.32 bits per heavy atom. The molecule has 0 spiro atoms. The van der Waals surface area contributed by atoms with Crippen LogP contribution in [0.4, 0.5) is 10.5 Å². The monoisotopic (exact) mass is 500 g/mol. The molecule has 3 aromatic carbocycles. The molecule has 4 amide bonds. The van der Waals surface area contributed by atoms with Crippen molar-refractivity contribution in [2.75, 3.05) is 18.6 Å². The van der Waals surface area contributed by atoms with Crippen LogP contribution in [0.25, 0.3) is 6.08 Å². The van der Waals surface area contributed by atoms with Crippen LogP contribution in [-0.2, 0) is 20.9 Å². The second-order valence-electron chi connectivity index (χ2n) is 7.91. The molecule has 1 aliphatic rings. The number of anilines is 1. The van der Waals surface area contributed by atoms with Crippen molar-refractivity contribution in [2.24, 2.45) is 0 Å². The molecule has 9 nitrogen and oxygen atoms in total. The predicted molar refractivity (Wildman–Crippen MR) is 135 cm³/mol. The number of esters is 1. The second kappa shape index (κ2) is 11.2. The van der Waals surface area contributed by atoms with E-state index in [0.29, 0.717) is 30.3 Å². The van der Waals surface area contributed by atoms with Crippen molar-refractivity contribution in [1.82, 2.24) is 5.32 Å². The lowest BCUT2D eigenvalue weighted by Crippen LogP contribution is -2.54. The molecule has 0 atom stereocenters. The Labute approximate surface area is 213 Å². The molecule has 0 saturated carbocycles. The van der Waals surface area contributed by atoms with Gasteiger partial charge in [-0.15, -0.1) is 0 Å². The summed E-state index contributed by atoms with van der Waals surface area (Å²) in [5.41, 5.74) is 1.69. The van der Waals surface area contributed by atoms with Crippen LogP contribution >= 0.6 is 0 Å². The molecule has 9 heteroatoms. The average Bonchev–Trinajstić information content (AvgIpc) is 2.91. The van der Waals surface area contributed by atoms with Crippen LogP contribution in [0, 0.1) is 0 Å². The van der Waals surface area contributed by atoms with Gasteiger partial charge in [0.15, 0.2) is 11.5 Å². The highest BCUT2D eigenvalue weighted by Crippen LogP contribution is 2.31. The summed E-state index contributed by atoms with van der Waals surface area (Å²) < 4.78 is 16.3. The van der Waals surface area contributed by atoms with Crippen molar-refractivity contribution in [3.63, 3.8) is 0 Å². The van der Waals surface area contributed by atoms with Gasteiger partial charge in [-0.2, -0.15) is 0 Å². The quantitative estimate of drug-likeness (QED) is 0.281. The van der Waals surface area contributed by atoms with Crippen LogP contribution in [0.3, 0.4) is 0 Å². The number of imide groups is 2. The van der Waals surface area contributed by atoms with Gasteiger partial charge in [-0.1, -0.05) is 36.4 Å². The van der Waals surface area contributed by atoms with Gasteiger partial charge in [0.1, 0.15) is 12.2 Å². The molecule has 0 radical (unpaired) electrons.